The summed E-state index contributed by atoms with van der Waals surface area (Å²) in [4.78, 5) is 16.8. The van der Waals surface area contributed by atoms with Crippen LogP contribution in [0.15, 0.2) is 60.0 Å². The third-order valence-electron chi connectivity index (χ3n) is 4.66. The van der Waals surface area contributed by atoms with Gasteiger partial charge in [-0.2, -0.15) is 0 Å². The molecule has 0 fully saturated rings. The minimum absolute atomic E-state index is 0.175. The summed E-state index contributed by atoms with van der Waals surface area (Å²) >= 11 is 1.44. The van der Waals surface area contributed by atoms with Gasteiger partial charge in [0.1, 0.15) is 0 Å². The third-order valence-corrected chi connectivity index (χ3v) is 5.42. The van der Waals surface area contributed by atoms with Crippen LogP contribution < -0.4 is 5.32 Å². The quantitative estimate of drug-likeness (QED) is 0.441. The van der Waals surface area contributed by atoms with E-state index in [9.17, 15) is 4.79 Å². The summed E-state index contributed by atoms with van der Waals surface area (Å²) in [6, 6.07) is 16.8. The fourth-order valence-electron chi connectivity index (χ4n) is 3.06. The van der Waals surface area contributed by atoms with Gasteiger partial charge in [0, 0.05) is 17.0 Å². The maximum atomic E-state index is 12.2. The second-order valence-corrected chi connectivity index (χ2v) is 8.83. The first kappa shape index (κ1) is 21.0. The van der Waals surface area contributed by atoms with Gasteiger partial charge in [-0.05, 0) is 41.0 Å². The molecule has 0 spiro atoms. The Balaban J connectivity index is 1.59. The molecule has 1 N–H and O–H groups in total. The lowest BCUT2D eigenvalue weighted by Gasteiger charge is -2.05. The molecule has 0 bridgehead atoms. The second-order valence-electron chi connectivity index (χ2n) is 7.98. The molecular weight excluding hydrogens is 376 g/mol. The number of carbonyl (C=O) groups is 1. The Morgan fingerprint density at radius 2 is 1.72 bits per heavy atom. The molecule has 0 aliphatic heterocycles. The highest BCUT2D eigenvalue weighted by molar-refractivity contribution is 7.14. The van der Waals surface area contributed by atoms with Crippen LogP contribution in [0.5, 0.6) is 0 Å². The number of nitrogens with one attached hydrogen (secondary N) is 1. The van der Waals surface area contributed by atoms with Crippen molar-refractivity contribution in [2.45, 2.75) is 40.0 Å². The van der Waals surface area contributed by atoms with Crippen molar-refractivity contribution >= 4 is 28.5 Å². The number of amides is 1. The van der Waals surface area contributed by atoms with Crippen molar-refractivity contribution in [3.05, 3.63) is 76.7 Å². The lowest BCUT2D eigenvalue weighted by molar-refractivity contribution is -0.111. The Morgan fingerprint density at radius 1 is 1.03 bits per heavy atom. The molecule has 29 heavy (non-hydrogen) atoms. The van der Waals surface area contributed by atoms with Crippen LogP contribution in [-0.4, -0.2) is 10.9 Å². The normalized spacial score (nSPS) is 11.5. The fourth-order valence-corrected chi connectivity index (χ4v) is 3.78. The molecule has 1 aromatic heterocycles. The zero-order chi connectivity index (χ0) is 20.8. The number of benzene rings is 2. The number of anilines is 1. The number of hydrogen-bond donors (Lipinski definition) is 1. The van der Waals surface area contributed by atoms with Crippen LogP contribution in [0.4, 0.5) is 5.13 Å². The lowest BCUT2D eigenvalue weighted by atomic mass is 10.0. The first-order chi connectivity index (χ1) is 13.9. The average Bonchev–Trinajstić information content (AvgIpc) is 3.15. The molecule has 0 saturated carbocycles. The first-order valence-corrected chi connectivity index (χ1v) is 10.9. The maximum absolute atomic E-state index is 12.2. The molecule has 3 rings (SSSR count). The summed E-state index contributed by atoms with van der Waals surface area (Å²) in [5, 5.41) is 5.43. The largest absolute Gasteiger partial charge is 0.298 e. The Labute approximate surface area is 177 Å². The molecule has 0 atom stereocenters. The van der Waals surface area contributed by atoms with Crippen molar-refractivity contribution < 1.29 is 4.79 Å². The van der Waals surface area contributed by atoms with Crippen molar-refractivity contribution in [3.63, 3.8) is 0 Å². The van der Waals surface area contributed by atoms with Gasteiger partial charge in [0.05, 0.1) is 5.69 Å². The molecule has 3 nitrogen and oxygen atoms in total. The standard InChI is InChI=1S/C25H28N2OS/c1-17(2)15-20-7-12-22(13-8-20)23-16-29-25(26-23)27-24(28)14-9-19-5-10-21(11-6-19)18(3)4/h5-14,16-18H,15H2,1-4H3,(H,26,27,28). The van der Waals surface area contributed by atoms with Gasteiger partial charge < -0.3 is 0 Å². The number of hydrogen-bond acceptors (Lipinski definition) is 3. The Bertz CT molecular complexity index is 967. The van der Waals surface area contributed by atoms with Crippen molar-refractivity contribution in [1.82, 2.24) is 4.98 Å². The molecule has 150 valence electrons. The molecular formula is C25H28N2OS. The van der Waals surface area contributed by atoms with Gasteiger partial charge in [-0.25, -0.2) is 4.98 Å². The maximum Gasteiger partial charge on any atom is 0.250 e. The SMILES string of the molecule is CC(C)Cc1ccc(-c2csc(NC(=O)C=Cc3ccc(C(C)C)cc3)n2)cc1. The predicted octanol–water partition coefficient (Wildman–Crippen LogP) is 6.78. The van der Waals surface area contributed by atoms with E-state index in [0.717, 1.165) is 23.2 Å². The summed E-state index contributed by atoms with van der Waals surface area (Å²) in [5.41, 5.74) is 5.58. The van der Waals surface area contributed by atoms with Gasteiger partial charge >= 0.3 is 0 Å². The highest BCUT2D eigenvalue weighted by Gasteiger charge is 2.07. The van der Waals surface area contributed by atoms with E-state index in [-0.39, 0.29) is 5.91 Å². The van der Waals surface area contributed by atoms with Gasteiger partial charge in [0.15, 0.2) is 5.13 Å². The molecule has 2 aromatic carbocycles. The smallest absolute Gasteiger partial charge is 0.250 e. The topological polar surface area (TPSA) is 42.0 Å². The van der Waals surface area contributed by atoms with E-state index < -0.39 is 0 Å². The average molecular weight is 405 g/mol. The van der Waals surface area contributed by atoms with Crippen LogP contribution in [0.25, 0.3) is 17.3 Å². The molecule has 0 radical (unpaired) electrons. The Kier molecular flexibility index (Phi) is 6.99. The zero-order valence-corrected chi connectivity index (χ0v) is 18.3. The summed E-state index contributed by atoms with van der Waals surface area (Å²) in [6.07, 6.45) is 4.44. The molecule has 0 aliphatic rings. The van der Waals surface area contributed by atoms with Crippen molar-refractivity contribution in [3.8, 4) is 11.3 Å². The van der Waals surface area contributed by atoms with Gasteiger partial charge in [0.25, 0.3) is 0 Å². The van der Waals surface area contributed by atoms with Crippen LogP contribution >= 0.6 is 11.3 Å². The van der Waals surface area contributed by atoms with Gasteiger partial charge in [0.2, 0.25) is 5.91 Å². The van der Waals surface area contributed by atoms with Gasteiger partial charge in [-0.15, -0.1) is 11.3 Å². The van der Waals surface area contributed by atoms with Crippen LogP contribution in [0.1, 0.15) is 50.3 Å². The van der Waals surface area contributed by atoms with Crippen LogP contribution in [0.3, 0.4) is 0 Å². The van der Waals surface area contributed by atoms with Crippen molar-refractivity contribution in [2.24, 2.45) is 5.92 Å². The van der Waals surface area contributed by atoms with Crippen molar-refractivity contribution in [2.75, 3.05) is 5.32 Å². The van der Waals surface area contributed by atoms with Crippen LogP contribution in [0.2, 0.25) is 0 Å². The summed E-state index contributed by atoms with van der Waals surface area (Å²) in [7, 11) is 0. The minimum atomic E-state index is -0.175. The van der Waals surface area contributed by atoms with E-state index >= 15 is 0 Å². The third kappa shape index (κ3) is 6.13. The molecule has 0 saturated heterocycles. The van der Waals surface area contributed by atoms with Crippen molar-refractivity contribution in [1.29, 1.82) is 0 Å². The lowest BCUT2D eigenvalue weighted by Crippen LogP contribution is -2.07. The molecule has 1 heterocycles. The summed E-state index contributed by atoms with van der Waals surface area (Å²) in [6.45, 7) is 8.78. The van der Waals surface area contributed by atoms with E-state index in [2.05, 4.69) is 74.4 Å². The number of aromatic nitrogens is 1. The zero-order valence-electron chi connectivity index (χ0n) is 17.5. The summed E-state index contributed by atoms with van der Waals surface area (Å²) in [5.74, 6) is 0.969. The highest BCUT2D eigenvalue weighted by Crippen LogP contribution is 2.25. The number of nitrogens with zero attached hydrogens (tertiary/aromatic N) is 1. The van der Waals surface area contributed by atoms with Crippen LogP contribution in [0, 0.1) is 5.92 Å². The monoisotopic (exact) mass is 404 g/mol. The van der Waals surface area contributed by atoms with E-state index in [4.69, 9.17) is 0 Å². The number of rotatable bonds is 7. The second kappa shape index (κ2) is 9.66. The molecule has 0 aliphatic carbocycles. The first-order valence-electron chi connectivity index (χ1n) is 10.0. The van der Waals surface area contributed by atoms with E-state index in [1.54, 1.807) is 6.08 Å². The molecule has 0 unspecified atom stereocenters. The Hall–Kier alpha value is -2.72. The van der Waals surface area contributed by atoms with Crippen LogP contribution in [-0.2, 0) is 11.2 Å². The molecule has 4 heteroatoms. The number of thiazole rings is 1. The van der Waals surface area contributed by atoms with E-state index in [1.807, 2.05) is 23.6 Å². The fraction of sp³-hybridized carbons (Fsp3) is 0.280. The molecule has 1 amide bonds. The predicted molar refractivity (Wildman–Crippen MR) is 124 cm³/mol. The highest BCUT2D eigenvalue weighted by atomic mass is 32.1. The molecule has 3 aromatic rings. The van der Waals surface area contributed by atoms with E-state index in [1.165, 1.54) is 22.5 Å². The number of carbonyl (C=O) groups excluding carboxylic acids is 1. The Morgan fingerprint density at radius 3 is 2.34 bits per heavy atom. The minimum Gasteiger partial charge on any atom is -0.298 e. The van der Waals surface area contributed by atoms with Gasteiger partial charge in [-0.3, -0.25) is 10.1 Å². The van der Waals surface area contributed by atoms with Gasteiger partial charge in [-0.1, -0.05) is 76.2 Å². The van der Waals surface area contributed by atoms with E-state index in [0.29, 0.717) is 17.0 Å². The summed E-state index contributed by atoms with van der Waals surface area (Å²) < 4.78 is 0.